The number of hydrogen-bond donors (Lipinski definition) is 1. The highest BCUT2D eigenvalue weighted by Gasteiger charge is 2.37. The number of aryl methyl sites for hydroxylation is 1. The molecule has 0 bridgehead atoms. The monoisotopic (exact) mass is 466 g/mol. The predicted octanol–water partition coefficient (Wildman–Crippen LogP) is 4.12. The third kappa shape index (κ3) is 6.31. The van der Waals surface area contributed by atoms with Crippen LogP contribution in [-0.2, 0) is 25.5 Å². The van der Waals surface area contributed by atoms with E-state index in [1.807, 2.05) is 37.3 Å². The second kappa shape index (κ2) is 11.6. The number of hydrogen-bond acceptors (Lipinski definition) is 4. The first-order chi connectivity index (χ1) is 16.3. The van der Waals surface area contributed by atoms with E-state index in [9.17, 15) is 18.8 Å². The Labute approximate surface area is 199 Å². The predicted molar refractivity (Wildman–Crippen MR) is 127 cm³/mol. The smallest absolute Gasteiger partial charge is 0.336 e. The normalized spacial score (nSPS) is 16.9. The van der Waals surface area contributed by atoms with Crippen molar-refractivity contribution in [2.24, 2.45) is 0 Å². The molecule has 0 saturated heterocycles. The summed E-state index contributed by atoms with van der Waals surface area (Å²) in [4.78, 5) is 39.9. The first-order valence-corrected chi connectivity index (χ1v) is 11.6. The number of carbonyl (C=O) groups is 3. The SMILES string of the molecule is CCOC(=O)C1=C(C)N(CC(=O)NC(C)CCc2ccccc2)C(=O)CC1c1ccc(F)cc1. The topological polar surface area (TPSA) is 75.7 Å². The number of benzene rings is 2. The number of carbonyl (C=O) groups excluding carboxylic acids is 3. The van der Waals surface area contributed by atoms with Gasteiger partial charge >= 0.3 is 5.97 Å². The number of halogens is 1. The minimum absolute atomic E-state index is 0.00599. The van der Waals surface area contributed by atoms with E-state index in [1.165, 1.54) is 22.6 Å². The molecule has 2 atom stereocenters. The van der Waals surface area contributed by atoms with Crippen LogP contribution in [0.5, 0.6) is 0 Å². The van der Waals surface area contributed by atoms with Gasteiger partial charge < -0.3 is 15.0 Å². The van der Waals surface area contributed by atoms with Gasteiger partial charge in [0.05, 0.1) is 12.2 Å². The van der Waals surface area contributed by atoms with E-state index in [-0.39, 0.29) is 37.4 Å². The zero-order valence-corrected chi connectivity index (χ0v) is 19.8. The Balaban J connectivity index is 1.73. The molecule has 0 aromatic heterocycles. The number of allylic oxidation sites excluding steroid dienone is 1. The van der Waals surface area contributed by atoms with Gasteiger partial charge in [-0.05, 0) is 56.9 Å². The molecule has 34 heavy (non-hydrogen) atoms. The maximum absolute atomic E-state index is 13.4. The lowest BCUT2D eigenvalue weighted by atomic mass is 9.83. The van der Waals surface area contributed by atoms with E-state index < -0.39 is 17.7 Å². The van der Waals surface area contributed by atoms with Crippen LogP contribution < -0.4 is 5.32 Å². The summed E-state index contributed by atoms with van der Waals surface area (Å²) in [5.41, 5.74) is 2.55. The largest absolute Gasteiger partial charge is 0.463 e. The maximum Gasteiger partial charge on any atom is 0.336 e. The van der Waals surface area contributed by atoms with Crippen molar-refractivity contribution in [1.29, 1.82) is 0 Å². The van der Waals surface area contributed by atoms with Crippen molar-refractivity contribution in [2.45, 2.75) is 52.0 Å². The molecule has 1 aliphatic heterocycles. The molecule has 1 aliphatic rings. The van der Waals surface area contributed by atoms with E-state index in [4.69, 9.17) is 4.74 Å². The number of nitrogens with zero attached hydrogens (tertiary/aromatic N) is 1. The second-order valence-corrected chi connectivity index (χ2v) is 8.50. The van der Waals surface area contributed by atoms with Crippen LogP contribution >= 0.6 is 0 Å². The van der Waals surface area contributed by atoms with Crippen molar-refractivity contribution in [1.82, 2.24) is 10.2 Å². The number of ether oxygens (including phenoxy) is 1. The highest BCUT2D eigenvalue weighted by atomic mass is 19.1. The summed E-state index contributed by atoms with van der Waals surface area (Å²) in [6.07, 6.45) is 1.59. The first kappa shape index (κ1) is 25.1. The van der Waals surface area contributed by atoms with Gasteiger partial charge in [0, 0.05) is 24.1 Å². The fourth-order valence-electron chi connectivity index (χ4n) is 4.22. The average Bonchev–Trinajstić information content (AvgIpc) is 2.81. The molecule has 0 fully saturated rings. The molecule has 7 heteroatoms. The molecule has 2 aromatic rings. The fourth-order valence-corrected chi connectivity index (χ4v) is 4.22. The van der Waals surface area contributed by atoms with Crippen LogP contribution in [0.4, 0.5) is 4.39 Å². The summed E-state index contributed by atoms with van der Waals surface area (Å²) in [7, 11) is 0. The van der Waals surface area contributed by atoms with E-state index in [0.717, 1.165) is 12.8 Å². The van der Waals surface area contributed by atoms with Crippen molar-refractivity contribution in [3.05, 3.63) is 82.8 Å². The molecule has 180 valence electrons. The summed E-state index contributed by atoms with van der Waals surface area (Å²) < 4.78 is 18.7. The molecule has 2 aromatic carbocycles. The molecular formula is C27H31FN2O4. The molecule has 0 radical (unpaired) electrons. The first-order valence-electron chi connectivity index (χ1n) is 11.6. The third-order valence-corrected chi connectivity index (χ3v) is 6.01. The Kier molecular flexibility index (Phi) is 8.57. The van der Waals surface area contributed by atoms with Crippen LogP contribution in [0.25, 0.3) is 0 Å². The molecule has 2 amide bonds. The summed E-state index contributed by atoms with van der Waals surface area (Å²) in [5, 5.41) is 2.94. The Hall–Kier alpha value is -3.48. The van der Waals surface area contributed by atoms with Crippen LogP contribution in [0.3, 0.4) is 0 Å². The molecule has 1 N–H and O–H groups in total. The Morgan fingerprint density at radius 3 is 2.47 bits per heavy atom. The summed E-state index contributed by atoms with van der Waals surface area (Å²) in [5.74, 6) is -2.06. The van der Waals surface area contributed by atoms with E-state index in [2.05, 4.69) is 5.32 Å². The summed E-state index contributed by atoms with van der Waals surface area (Å²) >= 11 is 0. The van der Waals surface area contributed by atoms with Gasteiger partial charge in [0.2, 0.25) is 11.8 Å². The highest BCUT2D eigenvalue weighted by Crippen LogP contribution is 2.37. The highest BCUT2D eigenvalue weighted by molar-refractivity contribution is 5.97. The Bertz CT molecular complexity index is 1050. The minimum Gasteiger partial charge on any atom is -0.463 e. The van der Waals surface area contributed by atoms with Gasteiger partial charge in [-0.15, -0.1) is 0 Å². The molecule has 3 rings (SSSR count). The molecule has 0 spiro atoms. The fraction of sp³-hybridized carbons (Fsp3) is 0.370. The lowest BCUT2D eigenvalue weighted by Crippen LogP contribution is -2.45. The maximum atomic E-state index is 13.4. The van der Waals surface area contributed by atoms with Crippen LogP contribution in [-0.4, -0.2) is 41.9 Å². The van der Waals surface area contributed by atoms with Crippen molar-refractivity contribution < 1.29 is 23.5 Å². The standard InChI is InChI=1S/C27H31FN2O4/c1-4-34-27(33)26-19(3)30(25(32)16-23(26)21-12-14-22(28)15-13-21)17-24(31)29-18(2)10-11-20-8-6-5-7-9-20/h5-9,12-15,18,23H,4,10-11,16-17H2,1-3H3,(H,29,31). The van der Waals surface area contributed by atoms with Gasteiger partial charge in [0.25, 0.3) is 0 Å². The Morgan fingerprint density at radius 1 is 1.15 bits per heavy atom. The van der Waals surface area contributed by atoms with Crippen molar-refractivity contribution in [3.8, 4) is 0 Å². The lowest BCUT2D eigenvalue weighted by Gasteiger charge is -2.34. The van der Waals surface area contributed by atoms with Crippen molar-refractivity contribution >= 4 is 17.8 Å². The minimum atomic E-state index is -0.559. The van der Waals surface area contributed by atoms with Crippen LogP contribution in [0.1, 0.15) is 50.7 Å². The summed E-state index contributed by atoms with van der Waals surface area (Å²) in [6.45, 7) is 5.28. The molecule has 0 aliphatic carbocycles. The van der Waals surface area contributed by atoms with Crippen molar-refractivity contribution in [3.63, 3.8) is 0 Å². The van der Waals surface area contributed by atoms with Crippen LogP contribution in [0, 0.1) is 5.82 Å². The molecule has 1 heterocycles. The number of amides is 2. The lowest BCUT2D eigenvalue weighted by molar-refractivity contribution is -0.141. The van der Waals surface area contributed by atoms with Crippen LogP contribution in [0.2, 0.25) is 0 Å². The molecule has 2 unspecified atom stereocenters. The quantitative estimate of drug-likeness (QED) is 0.564. The van der Waals surface area contributed by atoms with Gasteiger partial charge in [-0.25, -0.2) is 9.18 Å². The van der Waals surface area contributed by atoms with E-state index in [0.29, 0.717) is 16.8 Å². The van der Waals surface area contributed by atoms with Gasteiger partial charge in [0.15, 0.2) is 0 Å². The Morgan fingerprint density at radius 2 is 1.82 bits per heavy atom. The number of nitrogens with one attached hydrogen (secondary N) is 1. The zero-order chi connectivity index (χ0) is 24.7. The zero-order valence-electron chi connectivity index (χ0n) is 19.8. The van der Waals surface area contributed by atoms with E-state index >= 15 is 0 Å². The van der Waals surface area contributed by atoms with Gasteiger partial charge in [0.1, 0.15) is 12.4 Å². The second-order valence-electron chi connectivity index (χ2n) is 8.50. The average molecular weight is 467 g/mol. The number of rotatable bonds is 9. The van der Waals surface area contributed by atoms with Gasteiger partial charge in [-0.3, -0.25) is 9.59 Å². The van der Waals surface area contributed by atoms with Gasteiger partial charge in [-0.1, -0.05) is 42.5 Å². The van der Waals surface area contributed by atoms with Gasteiger partial charge in [-0.2, -0.15) is 0 Å². The summed E-state index contributed by atoms with van der Waals surface area (Å²) in [6, 6.07) is 15.7. The van der Waals surface area contributed by atoms with Crippen molar-refractivity contribution in [2.75, 3.05) is 13.2 Å². The number of esters is 1. The molecule has 0 saturated carbocycles. The van der Waals surface area contributed by atoms with E-state index in [1.54, 1.807) is 26.0 Å². The molecule has 6 nitrogen and oxygen atoms in total. The molecular weight excluding hydrogens is 435 g/mol. The third-order valence-electron chi connectivity index (χ3n) is 6.01. The van der Waals surface area contributed by atoms with Crippen LogP contribution in [0.15, 0.2) is 65.9 Å².